The minimum atomic E-state index is 0. The summed E-state index contributed by atoms with van der Waals surface area (Å²) >= 11 is 0. The molecule has 27 heavy (non-hydrogen) atoms. The van der Waals surface area contributed by atoms with Crippen LogP contribution in [-0.4, -0.2) is 0 Å². The fourth-order valence-corrected chi connectivity index (χ4v) is 3.77. The first-order valence-electron chi connectivity index (χ1n) is 9.69. The molecule has 1 heteroatoms. The molecule has 0 fully saturated rings. The second-order valence-electron chi connectivity index (χ2n) is 7.06. The van der Waals surface area contributed by atoms with E-state index in [2.05, 4.69) is 91.9 Å². The van der Waals surface area contributed by atoms with Crippen LogP contribution in [0.25, 0.3) is 21.5 Å². The third-order valence-corrected chi connectivity index (χ3v) is 5.21. The van der Waals surface area contributed by atoms with Crippen molar-refractivity contribution in [3.8, 4) is 0 Å². The fraction of sp³-hybridized carbons (Fsp3) is 0.192. The van der Waals surface area contributed by atoms with Crippen LogP contribution in [0.2, 0.25) is 0 Å². The Kier molecular flexibility index (Phi) is 6.67. The summed E-state index contributed by atoms with van der Waals surface area (Å²) in [6, 6.07) is 31.0. The minimum absolute atomic E-state index is 0. The molecule has 0 aromatic heterocycles. The molecular weight excluding hydrogens is 319 g/mol. The predicted octanol–water partition coefficient (Wildman–Crippen LogP) is 4.55. The normalized spacial score (nSPS) is 10.7. The monoisotopic (exact) mass is 344 g/mol. The number of rotatable bonds is 6. The number of unbranched alkanes of at least 4 members (excludes halogenated alkanes) is 2. The number of hydrogen-bond donors (Lipinski definition) is 0. The molecule has 0 spiro atoms. The van der Waals surface area contributed by atoms with E-state index < -0.39 is 0 Å². The largest absolute Gasteiger partial charge is 1.00 e. The molecule has 0 saturated heterocycles. The van der Waals surface area contributed by atoms with Gasteiger partial charge in [-0.2, -0.15) is 0 Å². The molecule has 4 aromatic rings. The molecule has 0 atom stereocenters. The van der Waals surface area contributed by atoms with Crippen LogP contribution in [0.4, 0.5) is 0 Å². The molecule has 0 unspecified atom stereocenters. The summed E-state index contributed by atoms with van der Waals surface area (Å²) in [5.41, 5.74) is 2.71. The van der Waals surface area contributed by atoms with Crippen molar-refractivity contribution >= 4 is 21.5 Å². The third-order valence-electron chi connectivity index (χ3n) is 5.21. The summed E-state index contributed by atoms with van der Waals surface area (Å²) in [5.74, 6) is 1.47. The Balaban J connectivity index is 0.00000210. The van der Waals surface area contributed by atoms with Crippen molar-refractivity contribution in [3.63, 3.8) is 0 Å². The van der Waals surface area contributed by atoms with Crippen LogP contribution in [-0.2, 0) is 0 Å². The van der Waals surface area contributed by atoms with Crippen LogP contribution >= 0.6 is 0 Å². The van der Waals surface area contributed by atoms with Crippen LogP contribution in [0.3, 0.4) is 0 Å². The Morgan fingerprint density at radius 3 is 1.93 bits per heavy atom. The summed E-state index contributed by atoms with van der Waals surface area (Å²) in [7, 11) is 0. The van der Waals surface area contributed by atoms with Crippen LogP contribution in [0.15, 0.2) is 84.9 Å². The molecule has 0 aliphatic carbocycles. The minimum Gasteiger partial charge on any atom is -0.120 e. The Bertz CT molecular complexity index is 1000. The summed E-state index contributed by atoms with van der Waals surface area (Å²) in [6.07, 6.45) is 4.92. The van der Waals surface area contributed by atoms with Gasteiger partial charge in [0.2, 0.25) is 0 Å². The van der Waals surface area contributed by atoms with Crippen LogP contribution < -0.4 is 18.9 Å². The van der Waals surface area contributed by atoms with Gasteiger partial charge < -0.3 is 0 Å². The Morgan fingerprint density at radius 1 is 0.593 bits per heavy atom. The van der Waals surface area contributed by atoms with Gasteiger partial charge in [0.25, 0.3) is 0 Å². The predicted molar refractivity (Wildman–Crippen MR) is 113 cm³/mol. The van der Waals surface area contributed by atoms with Gasteiger partial charge in [-0.15, -0.1) is 41.3 Å². The van der Waals surface area contributed by atoms with Gasteiger partial charge in [0.15, 0.2) is 0 Å². The topological polar surface area (TPSA) is 0 Å². The van der Waals surface area contributed by atoms with Crippen molar-refractivity contribution in [2.45, 2.75) is 32.6 Å². The fourth-order valence-electron chi connectivity index (χ4n) is 3.77. The second-order valence-corrected chi connectivity index (χ2v) is 7.06. The summed E-state index contributed by atoms with van der Waals surface area (Å²) in [4.78, 5) is 0. The average Bonchev–Trinajstić information content (AvgIpc) is 2.70. The molecule has 0 bridgehead atoms. The Labute approximate surface area is 174 Å². The maximum Gasteiger partial charge on any atom is 1.00 e. The van der Waals surface area contributed by atoms with Gasteiger partial charge in [-0.1, -0.05) is 92.6 Å². The van der Waals surface area contributed by atoms with Crippen molar-refractivity contribution in [1.82, 2.24) is 0 Å². The van der Waals surface area contributed by atoms with E-state index in [1.54, 1.807) is 0 Å². The molecule has 0 aliphatic heterocycles. The quantitative estimate of drug-likeness (QED) is 0.208. The zero-order chi connectivity index (χ0) is 17.8. The van der Waals surface area contributed by atoms with Gasteiger partial charge in [-0.3, -0.25) is 0 Å². The standard InChI is InChI=1S/C26H25.Li/c1-2-3-5-14-26(20-10-6-4-7-11-20)24-16-15-23-17-21-12-8-9-13-22(21)18-25(23)19-24;/h4,6-13,15-19H,2-3,5,14H2,1H3;/q-1;+1. The smallest absolute Gasteiger partial charge is 0.120 e. The molecule has 0 N–H and O–H groups in total. The second kappa shape index (κ2) is 9.18. The molecule has 4 aromatic carbocycles. The number of hydrogen-bond acceptors (Lipinski definition) is 0. The van der Waals surface area contributed by atoms with Crippen molar-refractivity contribution in [1.29, 1.82) is 0 Å². The van der Waals surface area contributed by atoms with E-state index in [4.69, 9.17) is 0 Å². The van der Waals surface area contributed by atoms with E-state index in [0.717, 1.165) is 6.42 Å². The van der Waals surface area contributed by atoms with E-state index in [1.165, 1.54) is 57.9 Å². The van der Waals surface area contributed by atoms with Gasteiger partial charge >= 0.3 is 18.9 Å². The van der Waals surface area contributed by atoms with Crippen LogP contribution in [0.5, 0.6) is 0 Å². The average molecular weight is 344 g/mol. The summed E-state index contributed by atoms with van der Waals surface area (Å²) < 4.78 is 0. The summed E-state index contributed by atoms with van der Waals surface area (Å²) in [5, 5.41) is 5.26. The summed E-state index contributed by atoms with van der Waals surface area (Å²) in [6.45, 7) is 2.27. The van der Waals surface area contributed by atoms with E-state index in [-0.39, 0.29) is 18.9 Å². The molecule has 0 saturated carbocycles. The van der Waals surface area contributed by atoms with Crippen molar-refractivity contribution < 1.29 is 18.9 Å². The van der Waals surface area contributed by atoms with Crippen molar-refractivity contribution in [3.05, 3.63) is 102 Å². The van der Waals surface area contributed by atoms with Crippen molar-refractivity contribution in [2.75, 3.05) is 0 Å². The van der Waals surface area contributed by atoms with Crippen molar-refractivity contribution in [2.24, 2.45) is 0 Å². The van der Waals surface area contributed by atoms with Gasteiger partial charge in [-0.25, -0.2) is 0 Å². The van der Waals surface area contributed by atoms with Crippen LogP contribution in [0.1, 0.15) is 43.7 Å². The molecule has 4 rings (SSSR count). The van der Waals surface area contributed by atoms with Gasteiger partial charge in [0.05, 0.1) is 0 Å². The first-order chi connectivity index (χ1) is 12.8. The maximum absolute atomic E-state index is 2.37. The van der Waals surface area contributed by atoms with E-state index in [0.29, 0.717) is 0 Å². The molecule has 0 aliphatic rings. The van der Waals surface area contributed by atoms with Gasteiger partial charge in [0, 0.05) is 0 Å². The van der Waals surface area contributed by atoms with E-state index in [9.17, 15) is 0 Å². The molecule has 0 amide bonds. The first-order valence-corrected chi connectivity index (χ1v) is 9.69. The SMILES string of the molecule is CCCCC[C-](c1ccccc1)c1ccc2cc3ccccc3cc2c1.[Li+]. The first kappa shape index (κ1) is 19.6. The number of fused-ring (bicyclic) bond motifs is 2. The maximum atomic E-state index is 2.37. The molecule has 0 nitrogen and oxygen atoms in total. The molecule has 0 heterocycles. The third kappa shape index (κ3) is 4.41. The zero-order valence-electron chi connectivity index (χ0n) is 16.4. The number of benzene rings is 4. The van der Waals surface area contributed by atoms with Gasteiger partial charge in [0.1, 0.15) is 0 Å². The molecule has 130 valence electrons. The zero-order valence-corrected chi connectivity index (χ0v) is 16.4. The molecular formula is C26H25Li. The van der Waals surface area contributed by atoms with Crippen LogP contribution in [0, 0.1) is 5.92 Å². The Hall–Kier alpha value is -2.13. The van der Waals surface area contributed by atoms with Gasteiger partial charge in [-0.05, 0) is 22.2 Å². The van der Waals surface area contributed by atoms with E-state index >= 15 is 0 Å². The van der Waals surface area contributed by atoms with E-state index in [1.807, 2.05) is 0 Å². The molecule has 0 radical (unpaired) electrons. The Morgan fingerprint density at radius 2 is 1.22 bits per heavy atom.